The van der Waals surface area contributed by atoms with Crippen LogP contribution in [0.2, 0.25) is 0 Å². The Balaban J connectivity index is 1.12. The molecular weight excluding hydrogens is 745 g/mol. The van der Waals surface area contributed by atoms with E-state index in [1.165, 1.54) is 16.7 Å². The van der Waals surface area contributed by atoms with Gasteiger partial charge in [-0.25, -0.2) is 0 Å². The number of aliphatic hydroxyl groups excluding tert-OH is 1. The lowest BCUT2D eigenvalue weighted by atomic mass is 9.72. The minimum atomic E-state index is -0.627. The van der Waals surface area contributed by atoms with E-state index in [2.05, 4.69) is 53.1 Å². The molecule has 0 aromatic heterocycles. The van der Waals surface area contributed by atoms with E-state index in [9.17, 15) is 5.11 Å². The molecule has 312 valence electrons. The fraction of sp³-hybridized carbons (Fsp3) is 0.449. The van der Waals surface area contributed by atoms with Crippen molar-refractivity contribution in [2.75, 3.05) is 48.1 Å². The smallest absolute Gasteiger partial charge is 0.289 e. The highest BCUT2D eigenvalue weighted by Gasteiger charge is 2.43. The van der Waals surface area contributed by atoms with Gasteiger partial charge >= 0.3 is 0 Å². The summed E-state index contributed by atoms with van der Waals surface area (Å²) < 4.78 is 36.1. The average molecular weight is 803 g/mol. The summed E-state index contributed by atoms with van der Waals surface area (Å²) in [5.74, 6) is 3.83. The van der Waals surface area contributed by atoms with E-state index in [1.807, 2.05) is 48.5 Å². The number of amides is 1. The van der Waals surface area contributed by atoms with Crippen molar-refractivity contribution in [1.29, 1.82) is 0 Å². The SMILES string of the molecule is CC[C@H]1CN2CCc3cc(OC)c(OC)cc3[C@@H]2C[C@@H]1C[C@@H]1c2cc(OC)c(OC)cc2CCN1C(=O)C1=C[C@@H](c2ccccc2)C[C@@H](OCc2ccc(CO)cc2)O1. The fourth-order valence-corrected chi connectivity index (χ4v) is 9.98. The van der Waals surface area contributed by atoms with Crippen LogP contribution in [0, 0.1) is 11.8 Å². The van der Waals surface area contributed by atoms with Gasteiger partial charge in [0.05, 0.1) is 47.7 Å². The summed E-state index contributed by atoms with van der Waals surface area (Å²) in [5, 5.41) is 9.53. The Morgan fingerprint density at radius 3 is 2.05 bits per heavy atom. The van der Waals surface area contributed by atoms with E-state index in [1.54, 1.807) is 28.4 Å². The quantitative estimate of drug-likeness (QED) is 0.143. The molecular formula is C49H58N2O8. The molecule has 0 bridgehead atoms. The first-order valence-electron chi connectivity index (χ1n) is 21.1. The Labute approximate surface area is 348 Å². The number of hydrogen-bond donors (Lipinski definition) is 1. The van der Waals surface area contributed by atoms with Gasteiger partial charge < -0.3 is 38.4 Å². The molecule has 0 spiro atoms. The Hall–Kier alpha value is -5.03. The van der Waals surface area contributed by atoms with Crippen LogP contribution < -0.4 is 18.9 Å². The number of methoxy groups -OCH3 is 4. The van der Waals surface area contributed by atoms with Gasteiger partial charge in [0.1, 0.15) is 0 Å². The van der Waals surface area contributed by atoms with Crippen LogP contribution in [-0.2, 0) is 40.3 Å². The molecule has 4 aliphatic rings. The molecule has 4 aromatic carbocycles. The number of allylic oxidation sites excluding steroid dienone is 1. The third-order valence-corrected chi connectivity index (χ3v) is 13.2. The summed E-state index contributed by atoms with van der Waals surface area (Å²) in [6.07, 6.45) is 6.46. The second-order valence-corrected chi connectivity index (χ2v) is 16.4. The molecule has 1 N–H and O–H groups in total. The van der Waals surface area contributed by atoms with Gasteiger partial charge in [-0.3, -0.25) is 9.69 Å². The number of fused-ring (bicyclic) bond motifs is 4. The van der Waals surface area contributed by atoms with Gasteiger partial charge in [0, 0.05) is 38.0 Å². The minimum absolute atomic E-state index is 0.0120. The van der Waals surface area contributed by atoms with Crippen molar-refractivity contribution in [2.45, 2.75) is 83.0 Å². The zero-order valence-electron chi connectivity index (χ0n) is 35.0. The lowest BCUT2D eigenvalue weighted by Crippen LogP contribution is -2.48. The van der Waals surface area contributed by atoms with Crippen molar-refractivity contribution in [2.24, 2.45) is 11.8 Å². The molecule has 0 aliphatic carbocycles. The van der Waals surface area contributed by atoms with Crippen molar-refractivity contribution in [1.82, 2.24) is 9.80 Å². The highest BCUT2D eigenvalue weighted by Crippen LogP contribution is 2.50. The van der Waals surface area contributed by atoms with Gasteiger partial charge in [0.2, 0.25) is 6.29 Å². The van der Waals surface area contributed by atoms with E-state index < -0.39 is 6.29 Å². The van der Waals surface area contributed by atoms with Crippen molar-refractivity contribution in [3.63, 3.8) is 0 Å². The number of piperidine rings is 1. The van der Waals surface area contributed by atoms with Crippen LogP contribution in [0.25, 0.3) is 0 Å². The standard InChI is InChI=1S/C49H58N2O8/c1-6-33-28-50-18-16-35-22-43(54-2)45(56-4)26-39(35)41(50)20-37(33)21-42-40-27-46(57-5)44(55-3)23-36(40)17-19-51(42)49(53)47-24-38(34-10-8-7-9-11-34)25-48(59-47)58-30-32-14-12-31(29-52)13-15-32/h7-15,22-24,26-27,33,37-38,41-42,48,52H,6,16-21,25,28-30H2,1-5H3/t33-,37+,38+,41-,42+,48-/m0/s1. The summed E-state index contributed by atoms with van der Waals surface area (Å²) in [4.78, 5) is 19.9. The summed E-state index contributed by atoms with van der Waals surface area (Å²) in [7, 11) is 6.75. The number of ether oxygens (including phenoxy) is 6. The molecule has 1 amide bonds. The molecule has 1 fully saturated rings. The first-order valence-corrected chi connectivity index (χ1v) is 21.1. The lowest BCUT2D eigenvalue weighted by molar-refractivity contribution is -0.158. The van der Waals surface area contributed by atoms with Crippen LogP contribution in [0.5, 0.6) is 23.0 Å². The van der Waals surface area contributed by atoms with Crippen LogP contribution in [0.3, 0.4) is 0 Å². The van der Waals surface area contributed by atoms with Crippen molar-refractivity contribution >= 4 is 5.91 Å². The van der Waals surface area contributed by atoms with Crippen LogP contribution >= 0.6 is 0 Å². The number of nitrogens with zero attached hydrogens (tertiary/aromatic N) is 2. The Morgan fingerprint density at radius 2 is 1.39 bits per heavy atom. The number of benzene rings is 4. The van der Waals surface area contributed by atoms with Crippen LogP contribution in [0.15, 0.2) is 90.7 Å². The summed E-state index contributed by atoms with van der Waals surface area (Å²) >= 11 is 0. The Morgan fingerprint density at radius 1 is 0.763 bits per heavy atom. The summed E-state index contributed by atoms with van der Waals surface area (Å²) in [6.45, 7) is 5.18. The van der Waals surface area contributed by atoms with Crippen LogP contribution in [0.1, 0.15) is 89.6 Å². The predicted molar refractivity (Wildman–Crippen MR) is 226 cm³/mol. The number of carbonyl (C=O) groups excluding carboxylic acids is 1. The summed E-state index contributed by atoms with van der Waals surface area (Å²) in [5.41, 5.74) is 7.84. The molecule has 0 radical (unpaired) electrons. The zero-order valence-corrected chi connectivity index (χ0v) is 35.0. The van der Waals surface area contributed by atoms with Crippen LogP contribution in [0.4, 0.5) is 0 Å². The lowest BCUT2D eigenvalue weighted by Gasteiger charge is -2.49. The van der Waals surface area contributed by atoms with E-state index in [0.29, 0.717) is 55.1 Å². The maximum absolute atomic E-state index is 15.2. The third-order valence-electron chi connectivity index (χ3n) is 13.2. The molecule has 1 saturated heterocycles. The Bertz CT molecular complexity index is 2120. The number of rotatable bonds is 13. The molecule has 59 heavy (non-hydrogen) atoms. The van der Waals surface area contributed by atoms with Crippen LogP contribution in [-0.4, -0.2) is 75.2 Å². The minimum Gasteiger partial charge on any atom is -0.493 e. The normalized spacial score (nSPS) is 23.8. The molecule has 0 unspecified atom stereocenters. The van der Waals surface area contributed by atoms with Gasteiger partial charge in [-0.2, -0.15) is 0 Å². The second kappa shape index (κ2) is 18.1. The second-order valence-electron chi connectivity index (χ2n) is 16.4. The zero-order chi connectivity index (χ0) is 41.0. The molecule has 8 rings (SSSR count). The first kappa shape index (κ1) is 40.7. The number of hydrogen-bond acceptors (Lipinski definition) is 9. The van der Waals surface area contributed by atoms with E-state index in [4.69, 9.17) is 28.4 Å². The number of carbonyl (C=O) groups is 1. The van der Waals surface area contributed by atoms with Gasteiger partial charge in [-0.1, -0.05) is 67.9 Å². The molecule has 4 aliphatic heterocycles. The van der Waals surface area contributed by atoms with E-state index in [0.717, 1.165) is 72.5 Å². The largest absolute Gasteiger partial charge is 0.493 e. The topological polar surface area (TPSA) is 99.2 Å². The molecule has 6 atom stereocenters. The average Bonchev–Trinajstić information content (AvgIpc) is 3.29. The van der Waals surface area contributed by atoms with Crippen molar-refractivity contribution in [3.05, 3.63) is 130 Å². The highest BCUT2D eigenvalue weighted by atomic mass is 16.7. The molecule has 10 heteroatoms. The van der Waals surface area contributed by atoms with Gasteiger partial charge in [0.15, 0.2) is 28.8 Å². The first-order chi connectivity index (χ1) is 28.8. The predicted octanol–water partition coefficient (Wildman–Crippen LogP) is 8.31. The van der Waals surface area contributed by atoms with E-state index in [-0.39, 0.29) is 30.5 Å². The van der Waals surface area contributed by atoms with Gasteiger partial charge in [-0.05, 0) is 107 Å². The van der Waals surface area contributed by atoms with E-state index >= 15 is 4.79 Å². The molecule has 4 aromatic rings. The molecule has 0 saturated carbocycles. The monoisotopic (exact) mass is 802 g/mol. The van der Waals surface area contributed by atoms with Crippen molar-refractivity contribution < 1.29 is 38.3 Å². The van der Waals surface area contributed by atoms with Gasteiger partial charge in [0.25, 0.3) is 5.91 Å². The fourth-order valence-electron chi connectivity index (χ4n) is 9.98. The third kappa shape index (κ3) is 8.40. The number of aliphatic hydroxyl groups is 1. The van der Waals surface area contributed by atoms with Gasteiger partial charge in [-0.15, -0.1) is 0 Å². The highest BCUT2D eigenvalue weighted by molar-refractivity contribution is 5.92. The summed E-state index contributed by atoms with van der Waals surface area (Å²) in [6, 6.07) is 26.6. The molecule has 10 nitrogen and oxygen atoms in total. The Kier molecular flexibility index (Phi) is 12.5. The molecule has 4 heterocycles. The van der Waals surface area contributed by atoms with Crippen molar-refractivity contribution in [3.8, 4) is 23.0 Å². The maximum atomic E-state index is 15.2. The maximum Gasteiger partial charge on any atom is 0.289 e.